The Morgan fingerprint density at radius 1 is 0.800 bits per heavy atom. The van der Waals surface area contributed by atoms with Gasteiger partial charge in [0.25, 0.3) is 0 Å². The summed E-state index contributed by atoms with van der Waals surface area (Å²) in [6, 6.07) is 23.3. The van der Waals surface area contributed by atoms with Crippen LogP contribution in [0.25, 0.3) is 11.1 Å². The molecule has 0 amide bonds. The van der Waals surface area contributed by atoms with E-state index in [1.54, 1.807) is 24.3 Å². The molecule has 0 aliphatic carbocycles. The van der Waals surface area contributed by atoms with E-state index in [4.69, 9.17) is 2.51 Å². The first kappa shape index (κ1) is 18.1. The number of rotatable bonds is 5. The van der Waals surface area contributed by atoms with Crippen molar-refractivity contribution in [3.63, 3.8) is 0 Å². The molecule has 6 heteroatoms. The van der Waals surface area contributed by atoms with Gasteiger partial charge in [-0.15, -0.1) is 0 Å². The van der Waals surface area contributed by atoms with Crippen LogP contribution in [0.2, 0.25) is 0 Å². The molecule has 0 spiro atoms. The summed E-state index contributed by atoms with van der Waals surface area (Å²) < 4.78 is 40.4. The van der Waals surface area contributed by atoms with Crippen LogP contribution >= 0.6 is 20.6 Å². The molecule has 25 heavy (non-hydrogen) atoms. The molecular weight excluding hydrogens is 451 g/mol. The maximum absolute atomic E-state index is 12.3. The van der Waals surface area contributed by atoms with Crippen molar-refractivity contribution in [2.24, 2.45) is 0 Å². The SMILES string of the molecule is Cc1ccc(S(=O)(=O)OI(O)c2ccc(-c3ccccc3)cc2)cc1. The molecule has 0 aliphatic heterocycles. The standard InChI is InChI=1S/C19H17IO4S/c1-15-7-13-19(14-8-15)25(22,23)24-20(21)18-11-9-17(10-12-18)16-5-3-2-4-6-16/h2-14,21H,1H3. The first-order valence-electron chi connectivity index (χ1n) is 7.52. The normalized spacial score (nSPS) is 12.0. The molecule has 0 aromatic heterocycles. The fourth-order valence-electron chi connectivity index (χ4n) is 2.24. The van der Waals surface area contributed by atoms with Gasteiger partial charge in [0.2, 0.25) is 0 Å². The number of aryl methyl sites for hydroxylation is 1. The molecule has 4 nitrogen and oxygen atoms in total. The van der Waals surface area contributed by atoms with Gasteiger partial charge in [0.05, 0.1) is 0 Å². The van der Waals surface area contributed by atoms with Crippen LogP contribution in [-0.2, 0) is 12.6 Å². The molecule has 0 radical (unpaired) electrons. The third-order valence-corrected chi connectivity index (χ3v) is 8.95. The van der Waals surface area contributed by atoms with Gasteiger partial charge in [0.15, 0.2) is 0 Å². The van der Waals surface area contributed by atoms with E-state index in [9.17, 15) is 11.9 Å². The molecule has 3 rings (SSSR count). The molecule has 0 bridgehead atoms. The van der Waals surface area contributed by atoms with Gasteiger partial charge in [-0.1, -0.05) is 0 Å². The molecule has 0 atom stereocenters. The summed E-state index contributed by atoms with van der Waals surface area (Å²) in [6.07, 6.45) is 0. The summed E-state index contributed by atoms with van der Waals surface area (Å²) in [6.45, 7) is 1.87. The molecular formula is C19H17IO4S. The fourth-order valence-corrected chi connectivity index (χ4v) is 6.57. The average molecular weight is 468 g/mol. The van der Waals surface area contributed by atoms with E-state index in [0.717, 1.165) is 16.7 Å². The van der Waals surface area contributed by atoms with E-state index >= 15 is 0 Å². The van der Waals surface area contributed by atoms with E-state index in [1.807, 2.05) is 49.4 Å². The zero-order valence-electron chi connectivity index (χ0n) is 13.5. The Morgan fingerprint density at radius 2 is 1.36 bits per heavy atom. The van der Waals surface area contributed by atoms with E-state index in [2.05, 4.69) is 0 Å². The summed E-state index contributed by atoms with van der Waals surface area (Å²) in [5, 5.41) is 0. The van der Waals surface area contributed by atoms with E-state index < -0.39 is 30.8 Å². The van der Waals surface area contributed by atoms with Crippen molar-refractivity contribution in [2.75, 3.05) is 0 Å². The second kappa shape index (κ2) is 7.65. The molecule has 130 valence electrons. The van der Waals surface area contributed by atoms with Crippen LogP contribution in [0.3, 0.4) is 0 Å². The van der Waals surface area contributed by atoms with E-state index in [1.165, 1.54) is 12.1 Å². The van der Waals surface area contributed by atoms with Crippen molar-refractivity contribution in [1.82, 2.24) is 0 Å². The maximum atomic E-state index is 12.3. The molecule has 0 heterocycles. The molecule has 3 aromatic rings. The van der Waals surface area contributed by atoms with Crippen molar-refractivity contribution in [3.8, 4) is 11.1 Å². The number of benzene rings is 3. The Balaban J connectivity index is 1.77. The molecule has 0 aliphatic rings. The minimum absolute atomic E-state index is 0.0513. The van der Waals surface area contributed by atoms with Gasteiger partial charge >= 0.3 is 156 Å². The van der Waals surface area contributed by atoms with Gasteiger partial charge in [-0.3, -0.25) is 0 Å². The van der Waals surface area contributed by atoms with E-state index in [0.29, 0.717) is 3.57 Å². The topological polar surface area (TPSA) is 63.6 Å². The van der Waals surface area contributed by atoms with Gasteiger partial charge in [-0.05, 0) is 0 Å². The first-order valence-corrected chi connectivity index (χ1v) is 11.9. The Labute approximate surface area is 155 Å². The van der Waals surface area contributed by atoms with Gasteiger partial charge in [-0.25, -0.2) is 0 Å². The zero-order valence-corrected chi connectivity index (χ0v) is 16.4. The molecule has 0 fully saturated rings. The summed E-state index contributed by atoms with van der Waals surface area (Å²) in [7, 11) is -3.97. The van der Waals surface area contributed by atoms with Crippen molar-refractivity contribution < 1.29 is 14.4 Å². The summed E-state index contributed by atoms with van der Waals surface area (Å²) in [5.74, 6) is 0. The van der Waals surface area contributed by atoms with Gasteiger partial charge in [0, 0.05) is 0 Å². The zero-order chi connectivity index (χ0) is 17.9. The van der Waals surface area contributed by atoms with Gasteiger partial charge in [0.1, 0.15) is 0 Å². The second-order valence-electron chi connectivity index (χ2n) is 5.43. The predicted molar refractivity (Wildman–Crippen MR) is 106 cm³/mol. The molecule has 0 saturated heterocycles. The van der Waals surface area contributed by atoms with Gasteiger partial charge in [-0.2, -0.15) is 0 Å². The van der Waals surface area contributed by atoms with Crippen LogP contribution in [0.1, 0.15) is 5.56 Å². The first-order chi connectivity index (χ1) is 12.0. The summed E-state index contributed by atoms with van der Waals surface area (Å²) >= 11 is -3.26. The van der Waals surface area contributed by atoms with Crippen LogP contribution in [0, 0.1) is 10.5 Å². The molecule has 3 aromatic carbocycles. The monoisotopic (exact) mass is 468 g/mol. The Kier molecular flexibility index (Phi) is 5.53. The minimum atomic E-state index is -3.97. The average Bonchev–Trinajstić information content (AvgIpc) is 2.62. The number of halogens is 1. The Bertz CT molecular complexity index is 937. The molecule has 1 N–H and O–H groups in total. The van der Waals surface area contributed by atoms with Crippen molar-refractivity contribution in [3.05, 3.63) is 88.0 Å². The van der Waals surface area contributed by atoms with Crippen LogP contribution in [0.15, 0.2) is 83.8 Å². The van der Waals surface area contributed by atoms with Crippen molar-refractivity contribution in [2.45, 2.75) is 11.8 Å². The summed E-state index contributed by atoms with van der Waals surface area (Å²) in [5.41, 5.74) is 3.00. The van der Waals surface area contributed by atoms with E-state index in [-0.39, 0.29) is 4.90 Å². The van der Waals surface area contributed by atoms with Gasteiger partial charge < -0.3 is 0 Å². The third-order valence-electron chi connectivity index (χ3n) is 3.59. The number of hydrogen-bond acceptors (Lipinski definition) is 4. The quantitative estimate of drug-likeness (QED) is 0.558. The van der Waals surface area contributed by atoms with Crippen molar-refractivity contribution >= 4 is 30.8 Å². The predicted octanol–water partition coefficient (Wildman–Crippen LogP) is 4.57. The molecule has 0 saturated carbocycles. The van der Waals surface area contributed by atoms with Crippen LogP contribution in [0.4, 0.5) is 0 Å². The van der Waals surface area contributed by atoms with Crippen LogP contribution in [0.5, 0.6) is 0 Å². The Morgan fingerprint density at radius 3 is 1.96 bits per heavy atom. The van der Waals surface area contributed by atoms with Crippen LogP contribution in [-0.4, -0.2) is 11.9 Å². The fraction of sp³-hybridized carbons (Fsp3) is 0.0526. The van der Waals surface area contributed by atoms with Crippen molar-refractivity contribution in [1.29, 1.82) is 0 Å². The second-order valence-corrected chi connectivity index (χ2v) is 10.6. The molecule has 0 unspecified atom stereocenters. The number of hydrogen-bond donors (Lipinski definition) is 1. The third kappa shape index (κ3) is 4.46. The Hall–Kier alpha value is -1.74. The summed E-state index contributed by atoms with van der Waals surface area (Å²) in [4.78, 5) is 0.0513. The van der Waals surface area contributed by atoms with Crippen LogP contribution < -0.4 is 0 Å².